The van der Waals surface area contributed by atoms with Crippen molar-refractivity contribution in [2.75, 3.05) is 6.54 Å². The van der Waals surface area contributed by atoms with Crippen molar-refractivity contribution in [2.24, 2.45) is 5.41 Å². The molecule has 2 heteroatoms. The fourth-order valence-electron chi connectivity index (χ4n) is 1.15. The number of nitrogens with zero attached hydrogens (tertiary/aromatic N) is 1. The number of terminal acetylenes is 1. The molecule has 1 atom stereocenters. The summed E-state index contributed by atoms with van der Waals surface area (Å²) in [4.78, 5) is 0. The molecule has 0 saturated carbocycles. The standard InChI is InChI=1S/C12H20N2/c1-5-7-11(6-2)14-9-8-12(3,4)10-13/h2,11,14H,5,7-9H2,1,3-4H3. The van der Waals surface area contributed by atoms with Gasteiger partial charge in [-0.3, -0.25) is 0 Å². The van der Waals surface area contributed by atoms with Crippen molar-refractivity contribution in [3.05, 3.63) is 0 Å². The SMILES string of the molecule is C#CC(CCC)NCCC(C)(C)C#N. The topological polar surface area (TPSA) is 35.8 Å². The fourth-order valence-corrected chi connectivity index (χ4v) is 1.15. The lowest BCUT2D eigenvalue weighted by Crippen LogP contribution is -2.30. The summed E-state index contributed by atoms with van der Waals surface area (Å²) in [6, 6.07) is 2.43. The van der Waals surface area contributed by atoms with Gasteiger partial charge in [0, 0.05) is 0 Å². The molecule has 0 aliphatic heterocycles. The second kappa shape index (κ2) is 6.46. The van der Waals surface area contributed by atoms with Gasteiger partial charge in [-0.25, -0.2) is 0 Å². The van der Waals surface area contributed by atoms with E-state index in [2.05, 4.69) is 24.2 Å². The van der Waals surface area contributed by atoms with Gasteiger partial charge in [0.25, 0.3) is 0 Å². The first kappa shape index (κ1) is 13.0. The molecule has 0 aliphatic rings. The van der Waals surface area contributed by atoms with Crippen molar-refractivity contribution in [1.29, 1.82) is 5.26 Å². The number of rotatable bonds is 6. The average Bonchev–Trinajstić information content (AvgIpc) is 2.16. The highest BCUT2D eigenvalue weighted by molar-refractivity contribution is 4.99. The van der Waals surface area contributed by atoms with Crippen molar-refractivity contribution < 1.29 is 0 Å². The van der Waals surface area contributed by atoms with Crippen LogP contribution in [0.4, 0.5) is 0 Å². The lowest BCUT2D eigenvalue weighted by molar-refractivity contribution is 0.419. The molecule has 0 radical (unpaired) electrons. The highest BCUT2D eigenvalue weighted by atomic mass is 14.9. The second-order valence-electron chi connectivity index (χ2n) is 4.21. The Hall–Kier alpha value is -0.990. The molecule has 0 heterocycles. The molecule has 0 fully saturated rings. The van der Waals surface area contributed by atoms with Crippen LogP contribution in [0.2, 0.25) is 0 Å². The van der Waals surface area contributed by atoms with Gasteiger partial charge in [0.15, 0.2) is 0 Å². The van der Waals surface area contributed by atoms with Crippen LogP contribution in [-0.4, -0.2) is 12.6 Å². The zero-order valence-corrected chi connectivity index (χ0v) is 9.43. The Kier molecular flexibility index (Phi) is 6.00. The summed E-state index contributed by atoms with van der Waals surface area (Å²) in [5, 5.41) is 12.1. The Balaban J connectivity index is 3.74. The van der Waals surface area contributed by atoms with Gasteiger partial charge < -0.3 is 5.32 Å². The summed E-state index contributed by atoms with van der Waals surface area (Å²) >= 11 is 0. The maximum absolute atomic E-state index is 8.80. The molecule has 0 bridgehead atoms. The van der Waals surface area contributed by atoms with Crippen molar-refractivity contribution in [1.82, 2.24) is 5.32 Å². The van der Waals surface area contributed by atoms with Gasteiger partial charge in [-0.1, -0.05) is 19.3 Å². The molecule has 0 aromatic rings. The van der Waals surface area contributed by atoms with E-state index >= 15 is 0 Å². The molecule has 0 rings (SSSR count). The molecule has 14 heavy (non-hydrogen) atoms. The zero-order valence-electron chi connectivity index (χ0n) is 9.43. The minimum atomic E-state index is -0.252. The minimum absolute atomic E-state index is 0.162. The van der Waals surface area contributed by atoms with Crippen molar-refractivity contribution >= 4 is 0 Å². The van der Waals surface area contributed by atoms with E-state index in [1.807, 2.05) is 13.8 Å². The number of nitrogens with one attached hydrogen (secondary N) is 1. The van der Waals surface area contributed by atoms with Crippen LogP contribution in [0.25, 0.3) is 0 Å². The second-order valence-corrected chi connectivity index (χ2v) is 4.21. The summed E-state index contributed by atoms with van der Waals surface area (Å²) in [6.45, 7) is 6.82. The predicted octanol–water partition coefficient (Wildman–Crippen LogP) is 2.32. The van der Waals surface area contributed by atoms with Gasteiger partial charge in [-0.15, -0.1) is 6.42 Å². The molecule has 2 nitrogen and oxygen atoms in total. The van der Waals surface area contributed by atoms with Crippen LogP contribution < -0.4 is 5.32 Å². The Morgan fingerprint density at radius 3 is 2.57 bits per heavy atom. The smallest absolute Gasteiger partial charge is 0.0686 e. The van der Waals surface area contributed by atoms with Crippen LogP contribution >= 0.6 is 0 Å². The minimum Gasteiger partial charge on any atom is -0.304 e. The zero-order chi connectivity index (χ0) is 11.0. The number of nitriles is 1. The summed E-state index contributed by atoms with van der Waals surface area (Å²) < 4.78 is 0. The highest BCUT2D eigenvalue weighted by Gasteiger charge is 2.16. The molecule has 0 amide bonds. The lowest BCUT2D eigenvalue weighted by Gasteiger charge is -2.17. The van der Waals surface area contributed by atoms with E-state index < -0.39 is 0 Å². The van der Waals surface area contributed by atoms with E-state index in [0.717, 1.165) is 25.8 Å². The maximum Gasteiger partial charge on any atom is 0.0686 e. The van der Waals surface area contributed by atoms with Gasteiger partial charge >= 0.3 is 0 Å². The summed E-state index contributed by atoms with van der Waals surface area (Å²) in [5.41, 5.74) is -0.252. The molecule has 1 unspecified atom stereocenters. The Bertz CT molecular complexity index is 230. The Labute approximate surface area is 87.7 Å². The monoisotopic (exact) mass is 192 g/mol. The molecule has 0 aromatic heterocycles. The van der Waals surface area contributed by atoms with E-state index in [1.54, 1.807) is 0 Å². The molecule has 0 aromatic carbocycles. The van der Waals surface area contributed by atoms with Crippen LogP contribution in [0.15, 0.2) is 0 Å². The first-order chi connectivity index (χ1) is 6.55. The summed E-state index contributed by atoms with van der Waals surface area (Å²) in [7, 11) is 0. The molecule has 78 valence electrons. The van der Waals surface area contributed by atoms with Crippen LogP contribution in [0, 0.1) is 29.1 Å². The van der Waals surface area contributed by atoms with Crippen LogP contribution in [-0.2, 0) is 0 Å². The van der Waals surface area contributed by atoms with Gasteiger partial charge in [0.2, 0.25) is 0 Å². The van der Waals surface area contributed by atoms with Gasteiger partial charge in [0.1, 0.15) is 0 Å². The van der Waals surface area contributed by atoms with E-state index in [0.29, 0.717) is 0 Å². The third-order valence-electron chi connectivity index (χ3n) is 2.22. The van der Waals surface area contributed by atoms with Crippen molar-refractivity contribution in [2.45, 2.75) is 46.1 Å². The van der Waals surface area contributed by atoms with Gasteiger partial charge in [-0.05, 0) is 33.2 Å². The van der Waals surface area contributed by atoms with Gasteiger partial charge in [-0.2, -0.15) is 5.26 Å². The normalized spacial score (nSPS) is 12.9. The van der Waals surface area contributed by atoms with E-state index in [1.165, 1.54) is 0 Å². The van der Waals surface area contributed by atoms with E-state index in [-0.39, 0.29) is 11.5 Å². The Morgan fingerprint density at radius 2 is 2.14 bits per heavy atom. The molecule has 0 spiro atoms. The van der Waals surface area contributed by atoms with Crippen LogP contribution in [0.3, 0.4) is 0 Å². The molecule has 0 aliphatic carbocycles. The van der Waals surface area contributed by atoms with Crippen LogP contribution in [0.1, 0.15) is 40.0 Å². The fraction of sp³-hybridized carbons (Fsp3) is 0.750. The van der Waals surface area contributed by atoms with Crippen molar-refractivity contribution in [3.8, 4) is 18.4 Å². The van der Waals surface area contributed by atoms with Crippen molar-refractivity contribution in [3.63, 3.8) is 0 Å². The summed E-state index contributed by atoms with van der Waals surface area (Å²) in [6.07, 6.45) is 8.29. The largest absolute Gasteiger partial charge is 0.304 e. The number of hydrogen-bond acceptors (Lipinski definition) is 2. The molecule has 1 N–H and O–H groups in total. The highest BCUT2D eigenvalue weighted by Crippen LogP contribution is 2.17. The summed E-state index contributed by atoms with van der Waals surface area (Å²) in [5.74, 6) is 2.71. The Morgan fingerprint density at radius 1 is 1.50 bits per heavy atom. The first-order valence-corrected chi connectivity index (χ1v) is 5.16. The maximum atomic E-state index is 8.80. The lowest BCUT2D eigenvalue weighted by atomic mass is 9.91. The predicted molar refractivity (Wildman–Crippen MR) is 59.5 cm³/mol. The molecular weight excluding hydrogens is 172 g/mol. The molecular formula is C12H20N2. The van der Waals surface area contributed by atoms with E-state index in [9.17, 15) is 0 Å². The third-order valence-corrected chi connectivity index (χ3v) is 2.22. The first-order valence-electron chi connectivity index (χ1n) is 5.16. The van der Waals surface area contributed by atoms with Crippen LogP contribution in [0.5, 0.6) is 0 Å². The average molecular weight is 192 g/mol. The van der Waals surface area contributed by atoms with Gasteiger partial charge in [0.05, 0.1) is 17.5 Å². The third kappa shape index (κ3) is 5.62. The molecule has 0 saturated heterocycles. The van der Waals surface area contributed by atoms with E-state index in [4.69, 9.17) is 11.7 Å². The quantitative estimate of drug-likeness (QED) is 0.656. The number of hydrogen-bond donors (Lipinski definition) is 1.